The molecule has 0 N–H and O–H groups in total. The molecule has 0 aromatic heterocycles. The molecule has 1 rings (SSSR count). The molecule has 4 heteroatoms. The standard InChI is InChI=1S/C11H11ClF2O/c1-3-7(2)8-4-5-10(9(12)6-8)15-11(13)14/h3-7,11H,1H2,2H3. The smallest absolute Gasteiger partial charge is 0.387 e. The second kappa shape index (κ2) is 5.12. The average molecular weight is 233 g/mol. The molecule has 0 saturated carbocycles. The van der Waals surface area contributed by atoms with Crippen molar-refractivity contribution in [2.45, 2.75) is 19.5 Å². The maximum absolute atomic E-state index is 11.9. The Labute approximate surface area is 92.3 Å². The summed E-state index contributed by atoms with van der Waals surface area (Å²) in [5, 5.41) is 0.182. The fourth-order valence-electron chi connectivity index (χ4n) is 1.13. The van der Waals surface area contributed by atoms with Gasteiger partial charge in [0.2, 0.25) is 0 Å². The van der Waals surface area contributed by atoms with Crippen LogP contribution in [0.5, 0.6) is 5.75 Å². The summed E-state index contributed by atoms with van der Waals surface area (Å²) < 4.78 is 28.1. The van der Waals surface area contributed by atoms with Gasteiger partial charge in [-0.3, -0.25) is 0 Å². The van der Waals surface area contributed by atoms with Crippen molar-refractivity contribution in [1.82, 2.24) is 0 Å². The van der Waals surface area contributed by atoms with Crippen LogP contribution >= 0.6 is 11.6 Å². The van der Waals surface area contributed by atoms with E-state index >= 15 is 0 Å². The molecule has 0 aliphatic heterocycles. The highest BCUT2D eigenvalue weighted by Gasteiger charge is 2.10. The molecule has 0 radical (unpaired) electrons. The second-order valence-electron chi connectivity index (χ2n) is 3.09. The fraction of sp³-hybridized carbons (Fsp3) is 0.273. The molecule has 15 heavy (non-hydrogen) atoms. The Morgan fingerprint density at radius 3 is 2.60 bits per heavy atom. The molecule has 1 aromatic carbocycles. The molecular formula is C11H11ClF2O. The quantitative estimate of drug-likeness (QED) is 0.706. The van der Waals surface area contributed by atoms with E-state index in [9.17, 15) is 8.78 Å². The van der Waals surface area contributed by atoms with Crippen LogP contribution in [0.1, 0.15) is 18.4 Å². The van der Waals surface area contributed by atoms with Gasteiger partial charge >= 0.3 is 6.61 Å². The van der Waals surface area contributed by atoms with E-state index in [4.69, 9.17) is 11.6 Å². The Hall–Kier alpha value is -1.09. The van der Waals surface area contributed by atoms with Crippen LogP contribution in [0.4, 0.5) is 8.78 Å². The van der Waals surface area contributed by atoms with Gasteiger partial charge in [-0.1, -0.05) is 30.7 Å². The van der Waals surface area contributed by atoms with Crippen LogP contribution in [0.15, 0.2) is 30.9 Å². The highest BCUT2D eigenvalue weighted by molar-refractivity contribution is 6.32. The van der Waals surface area contributed by atoms with E-state index in [0.717, 1.165) is 5.56 Å². The highest BCUT2D eigenvalue weighted by Crippen LogP contribution is 2.29. The zero-order valence-electron chi connectivity index (χ0n) is 8.21. The minimum Gasteiger partial charge on any atom is -0.433 e. The Balaban J connectivity index is 2.92. The first-order valence-corrected chi connectivity index (χ1v) is 4.79. The number of rotatable bonds is 4. The average Bonchev–Trinajstić information content (AvgIpc) is 2.19. The van der Waals surface area contributed by atoms with E-state index in [1.54, 1.807) is 18.2 Å². The molecule has 1 aromatic rings. The first-order chi connectivity index (χ1) is 7.04. The van der Waals surface area contributed by atoms with Gasteiger partial charge in [-0.2, -0.15) is 8.78 Å². The van der Waals surface area contributed by atoms with Gasteiger partial charge in [0, 0.05) is 0 Å². The third-order valence-corrected chi connectivity index (χ3v) is 2.35. The zero-order chi connectivity index (χ0) is 11.4. The second-order valence-corrected chi connectivity index (χ2v) is 3.50. The highest BCUT2D eigenvalue weighted by atomic mass is 35.5. The van der Waals surface area contributed by atoms with Crippen molar-refractivity contribution < 1.29 is 13.5 Å². The van der Waals surface area contributed by atoms with E-state index < -0.39 is 6.61 Å². The van der Waals surface area contributed by atoms with Gasteiger partial charge in [0.25, 0.3) is 0 Å². The van der Waals surface area contributed by atoms with E-state index in [-0.39, 0.29) is 16.7 Å². The van der Waals surface area contributed by atoms with Crippen LogP contribution in [0.3, 0.4) is 0 Å². The molecule has 82 valence electrons. The van der Waals surface area contributed by atoms with Crippen molar-refractivity contribution in [3.8, 4) is 5.75 Å². The molecule has 1 nitrogen and oxygen atoms in total. The molecule has 0 spiro atoms. The van der Waals surface area contributed by atoms with E-state index in [0.29, 0.717) is 0 Å². The van der Waals surface area contributed by atoms with Crippen molar-refractivity contribution in [2.24, 2.45) is 0 Å². The van der Waals surface area contributed by atoms with E-state index in [1.165, 1.54) is 6.07 Å². The molecule has 1 atom stereocenters. The lowest BCUT2D eigenvalue weighted by molar-refractivity contribution is -0.0497. The minimum absolute atomic E-state index is 0.00770. The van der Waals surface area contributed by atoms with Crippen LogP contribution in [-0.4, -0.2) is 6.61 Å². The monoisotopic (exact) mass is 232 g/mol. The number of hydrogen-bond donors (Lipinski definition) is 0. The summed E-state index contributed by atoms with van der Waals surface area (Å²) >= 11 is 5.78. The van der Waals surface area contributed by atoms with Crippen LogP contribution in [0, 0.1) is 0 Å². The molecule has 0 heterocycles. The first-order valence-electron chi connectivity index (χ1n) is 4.41. The maximum atomic E-state index is 11.9. The van der Waals surface area contributed by atoms with Crippen molar-refractivity contribution in [2.75, 3.05) is 0 Å². The molecular weight excluding hydrogens is 222 g/mol. The van der Waals surface area contributed by atoms with Crippen LogP contribution in [-0.2, 0) is 0 Å². The van der Waals surface area contributed by atoms with Gasteiger partial charge in [0.15, 0.2) is 0 Å². The van der Waals surface area contributed by atoms with Gasteiger partial charge in [-0.25, -0.2) is 0 Å². The number of ether oxygens (including phenoxy) is 1. The number of alkyl halides is 2. The largest absolute Gasteiger partial charge is 0.433 e. The number of halogens is 3. The molecule has 0 fully saturated rings. The Bertz CT molecular complexity index is 352. The number of allylic oxidation sites excluding steroid dienone is 1. The summed E-state index contributed by atoms with van der Waals surface area (Å²) in [4.78, 5) is 0. The minimum atomic E-state index is -2.86. The Morgan fingerprint density at radius 1 is 1.47 bits per heavy atom. The molecule has 0 saturated heterocycles. The summed E-state index contributed by atoms with van der Waals surface area (Å²) in [5.74, 6) is 0.120. The topological polar surface area (TPSA) is 9.23 Å². The summed E-state index contributed by atoms with van der Waals surface area (Å²) in [6.07, 6.45) is 1.75. The summed E-state index contributed by atoms with van der Waals surface area (Å²) in [7, 11) is 0. The fourth-order valence-corrected chi connectivity index (χ4v) is 1.36. The zero-order valence-corrected chi connectivity index (χ0v) is 8.97. The molecule has 0 aliphatic carbocycles. The normalized spacial score (nSPS) is 12.6. The Kier molecular flexibility index (Phi) is 4.09. The van der Waals surface area contributed by atoms with Crippen molar-refractivity contribution >= 4 is 11.6 Å². The first kappa shape index (κ1) is 12.0. The molecule has 0 bridgehead atoms. The van der Waals surface area contributed by atoms with Crippen LogP contribution < -0.4 is 4.74 Å². The van der Waals surface area contributed by atoms with Gasteiger partial charge in [-0.05, 0) is 23.6 Å². The lowest BCUT2D eigenvalue weighted by Gasteiger charge is -2.10. The van der Waals surface area contributed by atoms with Crippen LogP contribution in [0.25, 0.3) is 0 Å². The van der Waals surface area contributed by atoms with Gasteiger partial charge in [0.1, 0.15) is 5.75 Å². The summed E-state index contributed by atoms with van der Waals surface area (Å²) in [6.45, 7) is 2.72. The number of benzene rings is 1. The van der Waals surface area contributed by atoms with Gasteiger partial charge < -0.3 is 4.74 Å². The van der Waals surface area contributed by atoms with Crippen LogP contribution in [0.2, 0.25) is 5.02 Å². The van der Waals surface area contributed by atoms with Crippen molar-refractivity contribution in [1.29, 1.82) is 0 Å². The molecule has 0 amide bonds. The van der Waals surface area contributed by atoms with Crippen molar-refractivity contribution in [3.63, 3.8) is 0 Å². The summed E-state index contributed by atoms with van der Waals surface area (Å²) in [5.41, 5.74) is 0.914. The molecule has 0 aliphatic rings. The van der Waals surface area contributed by atoms with Crippen molar-refractivity contribution in [3.05, 3.63) is 41.4 Å². The number of hydrogen-bond acceptors (Lipinski definition) is 1. The van der Waals surface area contributed by atoms with E-state index in [2.05, 4.69) is 11.3 Å². The van der Waals surface area contributed by atoms with E-state index in [1.807, 2.05) is 6.92 Å². The lowest BCUT2D eigenvalue weighted by atomic mass is 10.0. The third-order valence-electron chi connectivity index (χ3n) is 2.05. The predicted molar refractivity (Wildman–Crippen MR) is 56.7 cm³/mol. The van der Waals surface area contributed by atoms with Gasteiger partial charge in [0.05, 0.1) is 5.02 Å². The third kappa shape index (κ3) is 3.20. The predicted octanol–water partition coefficient (Wildman–Crippen LogP) is 4.23. The molecule has 1 unspecified atom stereocenters. The summed E-state index contributed by atoms with van der Waals surface area (Å²) in [6, 6.07) is 4.73. The Morgan fingerprint density at radius 2 is 2.13 bits per heavy atom. The lowest BCUT2D eigenvalue weighted by Crippen LogP contribution is -2.02. The van der Waals surface area contributed by atoms with Gasteiger partial charge in [-0.15, -0.1) is 6.58 Å². The maximum Gasteiger partial charge on any atom is 0.387 e. The SMILES string of the molecule is C=CC(C)c1ccc(OC(F)F)c(Cl)c1.